The zero-order chi connectivity index (χ0) is 17.7. The fourth-order valence-electron chi connectivity index (χ4n) is 3.25. The molecule has 24 heavy (non-hydrogen) atoms. The van der Waals surface area contributed by atoms with Gasteiger partial charge in [-0.2, -0.15) is 0 Å². The molecule has 1 atom stereocenters. The number of ether oxygens (including phenoxy) is 2. The number of carbonyl (C=O) groups is 2. The molecule has 1 heterocycles. The van der Waals surface area contributed by atoms with E-state index < -0.39 is 11.7 Å². The van der Waals surface area contributed by atoms with Crippen LogP contribution < -0.4 is 0 Å². The van der Waals surface area contributed by atoms with Crippen LogP contribution in [0.3, 0.4) is 0 Å². The molecule has 1 fully saturated rings. The van der Waals surface area contributed by atoms with Gasteiger partial charge in [0.25, 0.3) is 0 Å². The largest absolute Gasteiger partial charge is 0.354 e. The molecular weight excluding hydrogens is 306 g/mol. The van der Waals surface area contributed by atoms with E-state index in [1.165, 1.54) is 14.2 Å². The minimum Gasteiger partial charge on any atom is -0.354 e. The number of benzene rings is 1. The molecule has 1 unspecified atom stereocenters. The van der Waals surface area contributed by atoms with Crippen molar-refractivity contribution in [3.63, 3.8) is 0 Å². The van der Waals surface area contributed by atoms with Crippen LogP contribution in [0, 0.1) is 5.41 Å². The summed E-state index contributed by atoms with van der Waals surface area (Å²) in [7, 11) is 3.04. The van der Waals surface area contributed by atoms with Crippen molar-refractivity contribution in [2.45, 2.75) is 32.5 Å². The Kier molecular flexibility index (Phi) is 5.91. The summed E-state index contributed by atoms with van der Waals surface area (Å²) in [4.78, 5) is 26.5. The molecule has 0 bridgehead atoms. The summed E-state index contributed by atoms with van der Waals surface area (Å²) >= 11 is 0. The van der Waals surface area contributed by atoms with Gasteiger partial charge < -0.3 is 14.4 Å². The highest BCUT2D eigenvalue weighted by molar-refractivity contribution is 5.91. The molecule has 1 aromatic carbocycles. The number of allylic oxidation sites excluding steroid dienone is 1. The Morgan fingerprint density at radius 1 is 1.29 bits per heavy atom. The highest BCUT2D eigenvalue weighted by Crippen LogP contribution is 2.42. The van der Waals surface area contributed by atoms with Gasteiger partial charge in [-0.05, 0) is 25.3 Å². The number of piperidine rings is 1. The number of Topliss-reactive ketones (excluding diaryl/α,β-unsaturated/α-hetero) is 1. The highest BCUT2D eigenvalue weighted by atomic mass is 16.7. The third kappa shape index (κ3) is 3.57. The van der Waals surface area contributed by atoms with Crippen molar-refractivity contribution in [1.82, 2.24) is 4.90 Å². The van der Waals surface area contributed by atoms with Crippen LogP contribution in [0.25, 0.3) is 0 Å². The standard InChI is InChI=1S/C19H25NO4/c1-14-19(15(2)21,12-16-8-6-5-7-9-16)11-10-17(22)20(14)13-18(23-3)24-4/h5-9,18H,1,10-13H2,2-4H3. The summed E-state index contributed by atoms with van der Waals surface area (Å²) in [5.41, 5.74) is 0.828. The number of rotatable bonds is 7. The predicted molar refractivity (Wildman–Crippen MR) is 91.2 cm³/mol. The van der Waals surface area contributed by atoms with Gasteiger partial charge in [0.2, 0.25) is 5.91 Å². The molecule has 1 aromatic rings. The van der Waals surface area contributed by atoms with Crippen molar-refractivity contribution in [2.24, 2.45) is 5.41 Å². The van der Waals surface area contributed by atoms with Crippen LogP contribution in [-0.4, -0.2) is 43.6 Å². The number of nitrogens with zero attached hydrogens (tertiary/aromatic N) is 1. The van der Waals surface area contributed by atoms with Crippen molar-refractivity contribution in [2.75, 3.05) is 20.8 Å². The smallest absolute Gasteiger partial charge is 0.226 e. The zero-order valence-corrected chi connectivity index (χ0v) is 14.6. The number of carbonyl (C=O) groups excluding carboxylic acids is 2. The Morgan fingerprint density at radius 3 is 2.46 bits per heavy atom. The van der Waals surface area contributed by atoms with Gasteiger partial charge in [-0.15, -0.1) is 0 Å². The molecule has 1 amide bonds. The quantitative estimate of drug-likeness (QED) is 0.721. The van der Waals surface area contributed by atoms with E-state index in [0.29, 0.717) is 25.0 Å². The maximum absolute atomic E-state index is 12.6. The molecule has 0 spiro atoms. The lowest BCUT2D eigenvalue weighted by Gasteiger charge is -2.44. The lowest BCUT2D eigenvalue weighted by molar-refractivity contribution is -0.149. The van der Waals surface area contributed by atoms with Gasteiger partial charge >= 0.3 is 0 Å². The lowest BCUT2D eigenvalue weighted by Crippen LogP contribution is -2.50. The molecule has 5 nitrogen and oxygen atoms in total. The minimum absolute atomic E-state index is 0.0280. The maximum atomic E-state index is 12.6. The fourth-order valence-corrected chi connectivity index (χ4v) is 3.25. The second kappa shape index (κ2) is 7.73. The number of hydrogen-bond donors (Lipinski definition) is 0. The summed E-state index contributed by atoms with van der Waals surface area (Å²) in [6, 6.07) is 9.82. The average molecular weight is 331 g/mol. The van der Waals surface area contributed by atoms with Crippen LogP contribution in [0.1, 0.15) is 25.3 Å². The number of ketones is 1. The SMILES string of the molecule is C=C1N(CC(OC)OC)C(=O)CCC1(Cc1ccccc1)C(C)=O. The fraction of sp³-hybridized carbons (Fsp3) is 0.474. The van der Waals surface area contributed by atoms with Gasteiger partial charge in [0.15, 0.2) is 6.29 Å². The number of likely N-dealkylation sites (tertiary alicyclic amines) is 1. The molecule has 1 aliphatic heterocycles. The first-order chi connectivity index (χ1) is 11.4. The first-order valence-corrected chi connectivity index (χ1v) is 8.05. The Hall–Kier alpha value is -1.98. The summed E-state index contributed by atoms with van der Waals surface area (Å²) in [6.45, 7) is 5.92. The van der Waals surface area contributed by atoms with Crippen molar-refractivity contribution in [3.8, 4) is 0 Å². The summed E-state index contributed by atoms with van der Waals surface area (Å²) in [5.74, 6) is -0.0238. The molecule has 0 aliphatic carbocycles. The van der Waals surface area contributed by atoms with E-state index in [1.807, 2.05) is 30.3 Å². The Balaban J connectivity index is 2.32. The van der Waals surface area contributed by atoms with E-state index in [9.17, 15) is 9.59 Å². The summed E-state index contributed by atoms with van der Waals surface area (Å²) < 4.78 is 10.4. The molecule has 1 saturated heterocycles. The van der Waals surface area contributed by atoms with E-state index in [4.69, 9.17) is 9.47 Å². The topological polar surface area (TPSA) is 55.8 Å². The van der Waals surface area contributed by atoms with E-state index in [0.717, 1.165) is 5.56 Å². The van der Waals surface area contributed by atoms with Gasteiger partial charge in [0.1, 0.15) is 5.78 Å². The molecule has 0 saturated carbocycles. The minimum atomic E-state index is -0.763. The monoisotopic (exact) mass is 331 g/mol. The van der Waals surface area contributed by atoms with Crippen molar-refractivity contribution >= 4 is 11.7 Å². The molecule has 1 aliphatic rings. The average Bonchev–Trinajstić information content (AvgIpc) is 2.58. The number of hydrogen-bond acceptors (Lipinski definition) is 4. The van der Waals surface area contributed by atoms with E-state index >= 15 is 0 Å². The van der Waals surface area contributed by atoms with Crippen LogP contribution in [0.2, 0.25) is 0 Å². The predicted octanol–water partition coefficient (Wildman–Crippen LogP) is 2.56. The van der Waals surface area contributed by atoms with Crippen LogP contribution >= 0.6 is 0 Å². The first kappa shape index (κ1) is 18.4. The second-order valence-corrected chi connectivity index (χ2v) is 6.15. The summed E-state index contributed by atoms with van der Waals surface area (Å²) in [6.07, 6.45) is 0.781. The highest BCUT2D eigenvalue weighted by Gasteiger charge is 2.46. The Labute approximate surface area is 143 Å². The number of amides is 1. The molecule has 0 radical (unpaired) electrons. The zero-order valence-electron chi connectivity index (χ0n) is 14.6. The molecule has 130 valence electrons. The Morgan fingerprint density at radius 2 is 1.92 bits per heavy atom. The molecule has 2 rings (SSSR count). The molecule has 0 aromatic heterocycles. The first-order valence-electron chi connectivity index (χ1n) is 8.05. The normalized spacial score (nSPS) is 21.4. The van der Waals surface area contributed by atoms with Crippen molar-refractivity contribution in [1.29, 1.82) is 0 Å². The van der Waals surface area contributed by atoms with Crippen LogP contribution in [-0.2, 0) is 25.5 Å². The van der Waals surface area contributed by atoms with E-state index in [-0.39, 0.29) is 18.2 Å². The third-order valence-electron chi connectivity index (χ3n) is 4.82. The van der Waals surface area contributed by atoms with Gasteiger partial charge in [-0.3, -0.25) is 9.59 Å². The van der Waals surface area contributed by atoms with Crippen LogP contribution in [0.15, 0.2) is 42.6 Å². The molecular formula is C19H25NO4. The summed E-state index contributed by atoms with van der Waals surface area (Å²) in [5, 5.41) is 0. The number of methoxy groups -OCH3 is 2. The third-order valence-corrected chi connectivity index (χ3v) is 4.82. The molecule has 5 heteroatoms. The van der Waals surface area contributed by atoms with Crippen molar-refractivity contribution in [3.05, 3.63) is 48.2 Å². The van der Waals surface area contributed by atoms with Crippen LogP contribution in [0.5, 0.6) is 0 Å². The lowest BCUT2D eigenvalue weighted by atomic mass is 9.70. The van der Waals surface area contributed by atoms with Gasteiger partial charge in [-0.25, -0.2) is 0 Å². The van der Waals surface area contributed by atoms with Gasteiger partial charge in [0, 0.05) is 26.3 Å². The van der Waals surface area contributed by atoms with E-state index in [1.54, 1.807) is 11.8 Å². The van der Waals surface area contributed by atoms with Crippen LogP contribution in [0.4, 0.5) is 0 Å². The van der Waals surface area contributed by atoms with Gasteiger partial charge in [0.05, 0.1) is 12.0 Å². The van der Waals surface area contributed by atoms with Crippen molar-refractivity contribution < 1.29 is 19.1 Å². The molecule has 0 N–H and O–H groups in total. The maximum Gasteiger partial charge on any atom is 0.226 e. The Bertz CT molecular complexity index is 609. The van der Waals surface area contributed by atoms with Gasteiger partial charge in [-0.1, -0.05) is 36.9 Å². The van der Waals surface area contributed by atoms with E-state index in [2.05, 4.69) is 6.58 Å². The second-order valence-electron chi connectivity index (χ2n) is 6.15.